The van der Waals surface area contributed by atoms with Gasteiger partial charge in [-0.2, -0.15) is 0 Å². The van der Waals surface area contributed by atoms with Gasteiger partial charge in [-0.05, 0) is 37.6 Å². The minimum absolute atomic E-state index is 0.221. The molecule has 1 saturated heterocycles. The number of phenols is 1. The molecule has 0 saturated carbocycles. The minimum Gasteiger partial charge on any atom is -0.508 e. The molecule has 2 N–H and O–H groups in total. The van der Waals surface area contributed by atoms with Crippen LogP contribution >= 0.6 is 0 Å². The first-order chi connectivity index (χ1) is 10.0. The van der Waals surface area contributed by atoms with E-state index >= 15 is 0 Å². The van der Waals surface area contributed by atoms with E-state index in [1.165, 1.54) is 0 Å². The van der Waals surface area contributed by atoms with Crippen molar-refractivity contribution in [3.8, 4) is 11.5 Å². The first-order valence-corrected chi connectivity index (χ1v) is 7.32. The molecule has 2 rings (SSSR count). The Labute approximate surface area is 125 Å². The molecule has 1 aliphatic rings. The molecule has 1 aliphatic heterocycles. The van der Waals surface area contributed by atoms with Gasteiger partial charge in [-0.15, -0.1) is 0 Å². The maximum absolute atomic E-state index is 11.6. The molecule has 1 aromatic carbocycles. The number of carbonyl (C=O) groups is 1. The Morgan fingerprint density at radius 1 is 1.48 bits per heavy atom. The van der Waals surface area contributed by atoms with Crippen LogP contribution in [-0.2, 0) is 11.3 Å². The molecule has 5 heteroatoms. The van der Waals surface area contributed by atoms with Crippen molar-refractivity contribution in [2.45, 2.75) is 32.7 Å². The largest absolute Gasteiger partial charge is 0.508 e. The van der Waals surface area contributed by atoms with Crippen molar-refractivity contribution in [1.82, 2.24) is 4.90 Å². The van der Waals surface area contributed by atoms with Crippen LogP contribution in [0.4, 0.5) is 0 Å². The maximum Gasteiger partial charge on any atom is 0.310 e. The van der Waals surface area contributed by atoms with Gasteiger partial charge in [0.05, 0.1) is 12.5 Å². The summed E-state index contributed by atoms with van der Waals surface area (Å²) in [4.78, 5) is 13.7. The fourth-order valence-electron chi connectivity index (χ4n) is 3.11. The van der Waals surface area contributed by atoms with Crippen LogP contribution < -0.4 is 4.74 Å². The number of rotatable bonds is 6. The van der Waals surface area contributed by atoms with Gasteiger partial charge in [0.25, 0.3) is 0 Å². The van der Waals surface area contributed by atoms with Gasteiger partial charge in [-0.3, -0.25) is 9.69 Å². The lowest BCUT2D eigenvalue weighted by Crippen LogP contribution is -2.34. The molecule has 0 spiro atoms. The summed E-state index contributed by atoms with van der Waals surface area (Å²) in [5, 5.41) is 19.5. The Bertz CT molecular complexity index is 517. The van der Waals surface area contributed by atoms with Crippen molar-refractivity contribution in [2.24, 2.45) is 5.41 Å². The zero-order valence-corrected chi connectivity index (χ0v) is 12.6. The molecule has 1 aromatic rings. The second kappa shape index (κ2) is 6.35. The Morgan fingerprint density at radius 3 is 2.86 bits per heavy atom. The number of benzene rings is 1. The van der Waals surface area contributed by atoms with E-state index in [1.54, 1.807) is 25.3 Å². The number of carboxylic acids is 1. The van der Waals surface area contributed by atoms with Crippen molar-refractivity contribution in [3.63, 3.8) is 0 Å². The average Bonchev–Trinajstić information content (AvgIpc) is 2.86. The van der Waals surface area contributed by atoms with Gasteiger partial charge in [-0.25, -0.2) is 0 Å². The monoisotopic (exact) mass is 293 g/mol. The topological polar surface area (TPSA) is 70.0 Å². The molecule has 0 aliphatic carbocycles. The van der Waals surface area contributed by atoms with Crippen LogP contribution in [0, 0.1) is 5.41 Å². The summed E-state index contributed by atoms with van der Waals surface area (Å²) in [6.45, 7) is 3.83. The molecule has 116 valence electrons. The van der Waals surface area contributed by atoms with Crippen molar-refractivity contribution in [1.29, 1.82) is 0 Å². The van der Waals surface area contributed by atoms with E-state index in [4.69, 9.17) is 4.74 Å². The maximum atomic E-state index is 11.6. The van der Waals surface area contributed by atoms with Crippen LogP contribution in [0.3, 0.4) is 0 Å². The lowest BCUT2D eigenvalue weighted by atomic mass is 9.83. The highest BCUT2D eigenvalue weighted by Crippen LogP contribution is 2.37. The standard InChI is InChI=1S/C16H23NO4/c1-3-6-16(15(19)20)7-8-17(11-16)10-12-9-13(21-2)4-5-14(12)18/h4-5,9,18H,3,6-8,10-11H2,1-2H3,(H,19,20). The molecule has 1 atom stereocenters. The van der Waals surface area contributed by atoms with Gasteiger partial charge < -0.3 is 14.9 Å². The van der Waals surface area contributed by atoms with Gasteiger partial charge in [0.2, 0.25) is 0 Å². The number of ether oxygens (including phenoxy) is 1. The third kappa shape index (κ3) is 3.29. The van der Waals surface area contributed by atoms with Gasteiger partial charge >= 0.3 is 5.97 Å². The summed E-state index contributed by atoms with van der Waals surface area (Å²) in [5.74, 6) is 0.209. The highest BCUT2D eigenvalue weighted by atomic mass is 16.5. The normalized spacial score (nSPS) is 22.4. The number of hydrogen-bond donors (Lipinski definition) is 2. The van der Waals surface area contributed by atoms with Crippen molar-refractivity contribution < 1.29 is 19.7 Å². The lowest BCUT2D eigenvalue weighted by Gasteiger charge is -2.24. The van der Waals surface area contributed by atoms with Gasteiger partial charge in [0, 0.05) is 18.7 Å². The van der Waals surface area contributed by atoms with E-state index in [0.29, 0.717) is 31.7 Å². The summed E-state index contributed by atoms with van der Waals surface area (Å²) in [6, 6.07) is 5.12. The SMILES string of the molecule is CCCC1(C(=O)O)CCN(Cc2cc(OC)ccc2O)C1. The zero-order valence-electron chi connectivity index (χ0n) is 12.6. The molecule has 1 fully saturated rings. The molecule has 1 unspecified atom stereocenters. The number of carboxylic acid groups (broad SMARTS) is 1. The van der Waals surface area contributed by atoms with Crippen LogP contribution in [0.15, 0.2) is 18.2 Å². The van der Waals surface area contributed by atoms with E-state index in [1.807, 2.05) is 6.92 Å². The first-order valence-electron chi connectivity index (χ1n) is 7.32. The van der Waals surface area contributed by atoms with Crippen LogP contribution in [0.25, 0.3) is 0 Å². The third-order valence-corrected chi connectivity index (χ3v) is 4.30. The number of aliphatic carboxylic acids is 1. The minimum atomic E-state index is -0.707. The zero-order chi connectivity index (χ0) is 15.5. The smallest absolute Gasteiger partial charge is 0.310 e. The Balaban J connectivity index is 2.10. The van der Waals surface area contributed by atoms with Crippen LogP contribution in [0.1, 0.15) is 31.7 Å². The number of nitrogens with zero attached hydrogens (tertiary/aromatic N) is 1. The molecule has 5 nitrogen and oxygen atoms in total. The van der Waals surface area contributed by atoms with E-state index in [2.05, 4.69) is 4.90 Å². The van der Waals surface area contributed by atoms with Gasteiger partial charge in [0.1, 0.15) is 11.5 Å². The molecule has 1 heterocycles. The second-order valence-corrected chi connectivity index (χ2v) is 5.79. The molecule has 0 radical (unpaired) electrons. The van der Waals surface area contributed by atoms with Crippen molar-refractivity contribution in [3.05, 3.63) is 23.8 Å². The first kappa shape index (κ1) is 15.6. The molecule has 0 bridgehead atoms. The highest BCUT2D eigenvalue weighted by Gasteiger charge is 2.43. The molecular formula is C16H23NO4. The van der Waals surface area contributed by atoms with Gasteiger partial charge in [0.15, 0.2) is 0 Å². The Morgan fingerprint density at radius 2 is 2.24 bits per heavy atom. The van der Waals surface area contributed by atoms with Crippen molar-refractivity contribution in [2.75, 3.05) is 20.2 Å². The fraction of sp³-hybridized carbons (Fsp3) is 0.562. The predicted octanol–water partition coefficient (Wildman–Crippen LogP) is 2.48. The molecule has 0 amide bonds. The van der Waals surface area contributed by atoms with E-state index in [0.717, 1.165) is 18.5 Å². The van der Waals surface area contributed by atoms with Crippen LogP contribution in [-0.4, -0.2) is 41.3 Å². The summed E-state index contributed by atoms with van der Waals surface area (Å²) >= 11 is 0. The molecule has 21 heavy (non-hydrogen) atoms. The number of likely N-dealkylation sites (tertiary alicyclic amines) is 1. The Hall–Kier alpha value is -1.75. The van der Waals surface area contributed by atoms with E-state index in [-0.39, 0.29) is 5.75 Å². The number of aromatic hydroxyl groups is 1. The summed E-state index contributed by atoms with van der Waals surface area (Å²) in [5.41, 5.74) is 0.135. The van der Waals surface area contributed by atoms with E-state index in [9.17, 15) is 15.0 Å². The summed E-state index contributed by atoms with van der Waals surface area (Å²) in [6.07, 6.45) is 2.23. The summed E-state index contributed by atoms with van der Waals surface area (Å²) in [7, 11) is 1.59. The van der Waals surface area contributed by atoms with Gasteiger partial charge in [-0.1, -0.05) is 13.3 Å². The van der Waals surface area contributed by atoms with Crippen LogP contribution in [0.5, 0.6) is 11.5 Å². The quantitative estimate of drug-likeness (QED) is 0.843. The number of hydrogen-bond acceptors (Lipinski definition) is 4. The average molecular weight is 293 g/mol. The number of methoxy groups -OCH3 is 1. The highest BCUT2D eigenvalue weighted by molar-refractivity contribution is 5.75. The van der Waals surface area contributed by atoms with E-state index < -0.39 is 11.4 Å². The lowest BCUT2D eigenvalue weighted by molar-refractivity contribution is -0.148. The second-order valence-electron chi connectivity index (χ2n) is 5.79. The van der Waals surface area contributed by atoms with Crippen molar-refractivity contribution >= 4 is 5.97 Å². The van der Waals surface area contributed by atoms with Crippen LogP contribution in [0.2, 0.25) is 0 Å². The predicted molar refractivity (Wildman–Crippen MR) is 79.5 cm³/mol. The molecular weight excluding hydrogens is 270 g/mol. The summed E-state index contributed by atoms with van der Waals surface area (Å²) < 4.78 is 5.17. The fourth-order valence-corrected chi connectivity index (χ4v) is 3.11. The molecule has 0 aromatic heterocycles. The third-order valence-electron chi connectivity index (χ3n) is 4.30. The Kier molecular flexibility index (Phi) is 4.73. The number of phenolic OH excluding ortho intramolecular Hbond substituents is 1.